The zero-order valence-corrected chi connectivity index (χ0v) is 19.6. The molecule has 0 aliphatic carbocycles. The summed E-state index contributed by atoms with van der Waals surface area (Å²) in [4.78, 5) is 26.7. The van der Waals surface area contributed by atoms with Crippen molar-refractivity contribution in [1.29, 1.82) is 0 Å². The van der Waals surface area contributed by atoms with Crippen molar-refractivity contribution in [3.63, 3.8) is 0 Å². The fourth-order valence-electron chi connectivity index (χ4n) is 3.42. The van der Waals surface area contributed by atoms with Crippen LogP contribution in [0.4, 0.5) is 10.5 Å². The minimum Gasteiger partial charge on any atom is -0.491 e. The Hall–Kier alpha value is -3.06. The quantitative estimate of drug-likeness (QED) is 0.708. The van der Waals surface area contributed by atoms with E-state index in [1.54, 1.807) is 41.3 Å². The Labute approximate surface area is 189 Å². The summed E-state index contributed by atoms with van der Waals surface area (Å²) < 4.78 is 17.3. The summed E-state index contributed by atoms with van der Waals surface area (Å²) in [5.74, 6) is 0.462. The molecular weight excluding hydrogens is 408 g/mol. The first-order valence-electron chi connectivity index (χ1n) is 10.7. The second-order valence-electron chi connectivity index (χ2n) is 9.42. The fraction of sp³-hybridized carbons (Fsp3) is 0.440. The predicted molar refractivity (Wildman–Crippen MR) is 123 cm³/mol. The number of aryl methyl sites for hydroxylation is 1. The van der Waals surface area contributed by atoms with Crippen LogP contribution in [0, 0.1) is 6.92 Å². The molecule has 3 rings (SSSR count). The van der Waals surface area contributed by atoms with E-state index >= 15 is 0 Å². The van der Waals surface area contributed by atoms with E-state index in [1.807, 2.05) is 53.7 Å². The van der Waals surface area contributed by atoms with Gasteiger partial charge in [0.1, 0.15) is 23.7 Å². The average molecular weight is 441 g/mol. The maximum absolute atomic E-state index is 12.7. The van der Waals surface area contributed by atoms with Gasteiger partial charge in [-0.05, 0) is 77.9 Å². The largest absolute Gasteiger partial charge is 0.491 e. The second kappa shape index (κ2) is 9.20. The Morgan fingerprint density at radius 3 is 2.31 bits per heavy atom. The van der Waals surface area contributed by atoms with Crippen LogP contribution in [-0.2, 0) is 9.47 Å². The molecule has 1 N–H and O–H groups in total. The Morgan fingerprint density at radius 2 is 1.72 bits per heavy atom. The summed E-state index contributed by atoms with van der Waals surface area (Å²) in [6.45, 7) is 11.8. The highest BCUT2D eigenvalue weighted by molar-refractivity contribution is 6.04. The minimum absolute atomic E-state index is 0.169. The SMILES string of the molecule is Cc1ccc(C(=O)Nc2ccc(OC[C@H]3COC(C)(C)N3C(=O)OC(C)(C)C)cc2)cc1. The normalized spacial score (nSPS) is 17.7. The van der Waals surface area contributed by atoms with Gasteiger partial charge in [-0.2, -0.15) is 0 Å². The highest BCUT2D eigenvalue weighted by atomic mass is 16.6. The van der Waals surface area contributed by atoms with E-state index in [1.165, 1.54) is 0 Å². The molecule has 1 heterocycles. The van der Waals surface area contributed by atoms with Gasteiger partial charge >= 0.3 is 6.09 Å². The third kappa shape index (κ3) is 6.01. The first kappa shape index (κ1) is 23.6. The van der Waals surface area contributed by atoms with Crippen molar-refractivity contribution in [2.45, 2.75) is 58.9 Å². The van der Waals surface area contributed by atoms with Gasteiger partial charge in [0.15, 0.2) is 0 Å². The summed E-state index contributed by atoms with van der Waals surface area (Å²) in [6, 6.07) is 14.2. The molecule has 2 amide bonds. The molecule has 0 aromatic heterocycles. The Morgan fingerprint density at radius 1 is 1.09 bits per heavy atom. The molecule has 1 fully saturated rings. The molecule has 0 bridgehead atoms. The Bertz CT molecular complexity index is 946. The molecule has 2 aromatic carbocycles. The highest BCUT2D eigenvalue weighted by Gasteiger charge is 2.46. The first-order chi connectivity index (χ1) is 14.9. The van der Waals surface area contributed by atoms with Gasteiger partial charge in [0.2, 0.25) is 0 Å². The monoisotopic (exact) mass is 440 g/mol. The Balaban J connectivity index is 1.58. The predicted octanol–water partition coefficient (Wildman–Crippen LogP) is 5.00. The minimum atomic E-state index is -0.777. The number of nitrogens with zero attached hydrogens (tertiary/aromatic N) is 1. The van der Waals surface area contributed by atoms with Crippen LogP contribution in [0.5, 0.6) is 5.75 Å². The lowest BCUT2D eigenvalue weighted by Crippen LogP contribution is -2.51. The van der Waals surface area contributed by atoms with Crippen molar-refractivity contribution in [1.82, 2.24) is 4.90 Å². The lowest BCUT2D eigenvalue weighted by molar-refractivity contribution is -0.0637. The molecular formula is C25H32N2O5. The van der Waals surface area contributed by atoms with Gasteiger partial charge in [0, 0.05) is 11.3 Å². The molecule has 7 heteroatoms. The topological polar surface area (TPSA) is 77.1 Å². The van der Waals surface area contributed by atoms with E-state index in [4.69, 9.17) is 14.2 Å². The highest BCUT2D eigenvalue weighted by Crippen LogP contribution is 2.30. The van der Waals surface area contributed by atoms with E-state index in [-0.39, 0.29) is 18.6 Å². The summed E-state index contributed by atoms with van der Waals surface area (Å²) in [6.07, 6.45) is -0.428. The van der Waals surface area contributed by atoms with E-state index in [0.29, 0.717) is 23.6 Å². The molecule has 1 atom stereocenters. The molecule has 1 saturated heterocycles. The maximum atomic E-state index is 12.7. The van der Waals surface area contributed by atoms with E-state index < -0.39 is 17.4 Å². The Kier molecular flexibility index (Phi) is 6.79. The number of carbonyl (C=O) groups excluding carboxylic acids is 2. The molecule has 2 aromatic rings. The summed E-state index contributed by atoms with van der Waals surface area (Å²) >= 11 is 0. The van der Waals surface area contributed by atoms with Crippen molar-refractivity contribution in [2.24, 2.45) is 0 Å². The number of nitrogens with one attached hydrogen (secondary N) is 1. The molecule has 0 spiro atoms. The van der Waals surface area contributed by atoms with Crippen LogP contribution in [0.2, 0.25) is 0 Å². The fourth-order valence-corrected chi connectivity index (χ4v) is 3.42. The summed E-state index contributed by atoms with van der Waals surface area (Å²) in [7, 11) is 0. The van der Waals surface area contributed by atoms with Crippen LogP contribution >= 0.6 is 0 Å². The number of benzene rings is 2. The zero-order valence-electron chi connectivity index (χ0n) is 19.6. The molecule has 0 unspecified atom stereocenters. The lowest BCUT2D eigenvalue weighted by atomic mass is 10.1. The molecule has 7 nitrogen and oxygen atoms in total. The summed E-state index contributed by atoms with van der Waals surface area (Å²) in [5.41, 5.74) is 0.996. The van der Waals surface area contributed by atoms with Gasteiger partial charge in [0.05, 0.1) is 12.6 Å². The van der Waals surface area contributed by atoms with Crippen LogP contribution in [0.25, 0.3) is 0 Å². The van der Waals surface area contributed by atoms with Gasteiger partial charge in [-0.15, -0.1) is 0 Å². The second-order valence-corrected chi connectivity index (χ2v) is 9.42. The summed E-state index contributed by atoms with van der Waals surface area (Å²) in [5, 5.41) is 2.87. The number of hydrogen-bond acceptors (Lipinski definition) is 5. The maximum Gasteiger partial charge on any atom is 0.413 e. The van der Waals surface area contributed by atoms with Gasteiger partial charge in [-0.3, -0.25) is 9.69 Å². The van der Waals surface area contributed by atoms with Crippen molar-refractivity contribution >= 4 is 17.7 Å². The zero-order chi connectivity index (χ0) is 23.5. The van der Waals surface area contributed by atoms with Gasteiger partial charge in [0.25, 0.3) is 5.91 Å². The van der Waals surface area contributed by atoms with E-state index in [9.17, 15) is 9.59 Å². The van der Waals surface area contributed by atoms with Crippen molar-refractivity contribution < 1.29 is 23.8 Å². The number of hydrogen-bond donors (Lipinski definition) is 1. The standard InChI is InChI=1S/C25H32N2O5/c1-17-7-9-18(10-8-17)22(28)26-19-11-13-21(14-12-19)30-15-20-16-31-25(5,6)27(20)23(29)32-24(2,3)4/h7-14,20H,15-16H2,1-6H3,(H,26,28)/t20-/m0/s1. The van der Waals surface area contributed by atoms with Crippen LogP contribution in [0.3, 0.4) is 0 Å². The number of anilines is 1. The molecule has 172 valence electrons. The molecule has 0 saturated carbocycles. The van der Waals surface area contributed by atoms with Gasteiger partial charge in [-0.1, -0.05) is 17.7 Å². The molecule has 0 radical (unpaired) electrons. The lowest BCUT2D eigenvalue weighted by Gasteiger charge is -2.35. The van der Waals surface area contributed by atoms with E-state index in [2.05, 4.69) is 5.32 Å². The number of ether oxygens (including phenoxy) is 3. The first-order valence-corrected chi connectivity index (χ1v) is 10.7. The van der Waals surface area contributed by atoms with Crippen LogP contribution in [0.15, 0.2) is 48.5 Å². The van der Waals surface area contributed by atoms with Gasteiger partial charge < -0.3 is 19.5 Å². The van der Waals surface area contributed by atoms with Crippen molar-refractivity contribution in [3.05, 3.63) is 59.7 Å². The number of amides is 2. The number of rotatable bonds is 5. The van der Waals surface area contributed by atoms with Crippen LogP contribution in [-0.4, -0.2) is 47.5 Å². The average Bonchev–Trinajstić information content (AvgIpc) is 3.01. The number of carbonyl (C=O) groups is 2. The third-order valence-corrected chi connectivity index (χ3v) is 5.03. The molecule has 32 heavy (non-hydrogen) atoms. The van der Waals surface area contributed by atoms with Crippen molar-refractivity contribution in [2.75, 3.05) is 18.5 Å². The van der Waals surface area contributed by atoms with Crippen molar-refractivity contribution in [3.8, 4) is 5.75 Å². The van der Waals surface area contributed by atoms with Crippen LogP contribution in [0.1, 0.15) is 50.5 Å². The van der Waals surface area contributed by atoms with E-state index in [0.717, 1.165) is 5.56 Å². The third-order valence-electron chi connectivity index (χ3n) is 5.03. The van der Waals surface area contributed by atoms with Crippen LogP contribution < -0.4 is 10.1 Å². The molecule has 1 aliphatic rings. The van der Waals surface area contributed by atoms with Gasteiger partial charge in [-0.25, -0.2) is 4.79 Å². The molecule has 1 aliphatic heterocycles. The smallest absolute Gasteiger partial charge is 0.413 e.